The van der Waals surface area contributed by atoms with E-state index in [4.69, 9.17) is 5.11 Å². The van der Waals surface area contributed by atoms with Crippen molar-refractivity contribution in [1.82, 2.24) is 5.32 Å². The predicted octanol–water partition coefficient (Wildman–Crippen LogP) is 0.179. The second-order valence-electron chi connectivity index (χ2n) is 2.22. The third-order valence-electron chi connectivity index (χ3n) is 0.762. The van der Waals surface area contributed by atoms with E-state index < -0.39 is 6.10 Å². The second kappa shape index (κ2) is 3.87. The van der Waals surface area contributed by atoms with Crippen molar-refractivity contribution in [3.63, 3.8) is 0 Å². The van der Waals surface area contributed by atoms with Gasteiger partial charge in [0.05, 0.1) is 6.10 Å². The summed E-state index contributed by atoms with van der Waals surface area (Å²) in [6.07, 6.45) is -0.475. The first-order valence-electron chi connectivity index (χ1n) is 2.87. The van der Waals surface area contributed by atoms with E-state index in [2.05, 4.69) is 12.2 Å². The zero-order valence-electron chi connectivity index (χ0n) is 5.52. The second-order valence-corrected chi connectivity index (χ2v) is 2.22. The van der Waals surface area contributed by atoms with Crippen LogP contribution in [0, 0.1) is 6.92 Å². The molecule has 2 N–H and O–H groups in total. The molecule has 0 aromatic rings. The van der Waals surface area contributed by atoms with Gasteiger partial charge in [-0.05, 0) is 6.92 Å². The SMILES string of the molecule is [CH2]C(O)CNC(C)C. The van der Waals surface area contributed by atoms with Gasteiger partial charge in [-0.25, -0.2) is 0 Å². The Kier molecular flexibility index (Phi) is 3.83. The molecule has 0 heterocycles. The summed E-state index contributed by atoms with van der Waals surface area (Å²) in [5.74, 6) is 0. The Morgan fingerprint density at radius 3 is 2.25 bits per heavy atom. The molecule has 0 amide bonds. The fraction of sp³-hybridized carbons (Fsp3) is 0.833. The average molecular weight is 116 g/mol. The lowest BCUT2D eigenvalue weighted by atomic mass is 10.3. The Bertz CT molecular complexity index is 44.5. The standard InChI is InChI=1S/C6H14NO/c1-5(2)7-4-6(3)8/h5-8H,3-4H2,1-2H3. The van der Waals surface area contributed by atoms with Crippen LogP contribution in [0.4, 0.5) is 0 Å². The fourth-order valence-electron chi connectivity index (χ4n) is 0.372. The first kappa shape index (κ1) is 7.92. The summed E-state index contributed by atoms with van der Waals surface area (Å²) in [6, 6.07) is 0.436. The van der Waals surface area contributed by atoms with Crippen molar-refractivity contribution in [3.05, 3.63) is 6.92 Å². The molecule has 0 saturated carbocycles. The van der Waals surface area contributed by atoms with Gasteiger partial charge in [0.1, 0.15) is 0 Å². The molecule has 1 radical (unpaired) electrons. The van der Waals surface area contributed by atoms with E-state index in [0.717, 1.165) is 0 Å². The minimum Gasteiger partial charge on any atom is -0.392 e. The van der Waals surface area contributed by atoms with E-state index in [1.54, 1.807) is 0 Å². The molecule has 8 heavy (non-hydrogen) atoms. The molecule has 0 aliphatic carbocycles. The van der Waals surface area contributed by atoms with E-state index in [9.17, 15) is 0 Å². The Morgan fingerprint density at radius 2 is 2.12 bits per heavy atom. The van der Waals surface area contributed by atoms with Crippen LogP contribution in [-0.2, 0) is 0 Å². The maximum absolute atomic E-state index is 8.63. The number of aliphatic hydroxyl groups excluding tert-OH is 1. The molecule has 0 aliphatic rings. The van der Waals surface area contributed by atoms with Crippen LogP contribution in [0.25, 0.3) is 0 Å². The van der Waals surface area contributed by atoms with Crippen LogP contribution in [0.15, 0.2) is 0 Å². The zero-order valence-corrected chi connectivity index (χ0v) is 5.52. The molecule has 2 heteroatoms. The van der Waals surface area contributed by atoms with Crippen molar-refractivity contribution in [2.75, 3.05) is 6.54 Å². The van der Waals surface area contributed by atoms with Crippen molar-refractivity contribution >= 4 is 0 Å². The van der Waals surface area contributed by atoms with Gasteiger partial charge in [0.25, 0.3) is 0 Å². The van der Waals surface area contributed by atoms with Gasteiger partial charge in [-0.3, -0.25) is 0 Å². The molecular weight excluding hydrogens is 102 g/mol. The first-order chi connectivity index (χ1) is 3.63. The minimum atomic E-state index is -0.475. The minimum absolute atomic E-state index is 0.436. The molecule has 2 nitrogen and oxygen atoms in total. The summed E-state index contributed by atoms with van der Waals surface area (Å²) in [5.41, 5.74) is 0. The molecule has 0 fully saturated rings. The van der Waals surface area contributed by atoms with Gasteiger partial charge in [0.15, 0.2) is 0 Å². The van der Waals surface area contributed by atoms with Crippen molar-refractivity contribution in [2.45, 2.75) is 26.0 Å². The smallest absolute Gasteiger partial charge is 0.0665 e. The number of hydrogen-bond donors (Lipinski definition) is 2. The number of rotatable bonds is 3. The van der Waals surface area contributed by atoms with Crippen molar-refractivity contribution in [1.29, 1.82) is 0 Å². The molecule has 0 bridgehead atoms. The number of aliphatic hydroxyl groups is 1. The van der Waals surface area contributed by atoms with Crippen LogP contribution in [0.2, 0.25) is 0 Å². The number of nitrogens with one attached hydrogen (secondary N) is 1. The summed E-state index contributed by atoms with van der Waals surface area (Å²) < 4.78 is 0. The normalized spacial score (nSPS) is 14.6. The van der Waals surface area contributed by atoms with Crippen molar-refractivity contribution in [2.24, 2.45) is 0 Å². The lowest BCUT2D eigenvalue weighted by Crippen LogP contribution is -2.30. The average Bonchev–Trinajstić information content (AvgIpc) is 1.61. The zero-order chi connectivity index (χ0) is 6.57. The molecule has 0 spiro atoms. The molecule has 1 atom stereocenters. The highest BCUT2D eigenvalue weighted by atomic mass is 16.3. The largest absolute Gasteiger partial charge is 0.392 e. The topological polar surface area (TPSA) is 32.3 Å². The molecule has 0 aliphatic heterocycles. The summed E-state index contributed by atoms with van der Waals surface area (Å²) in [4.78, 5) is 0. The van der Waals surface area contributed by atoms with Gasteiger partial charge < -0.3 is 10.4 Å². The quantitative estimate of drug-likeness (QED) is 0.551. The van der Waals surface area contributed by atoms with Gasteiger partial charge in [-0.2, -0.15) is 0 Å². The molecule has 1 unspecified atom stereocenters. The van der Waals surface area contributed by atoms with Crippen LogP contribution >= 0.6 is 0 Å². The maximum Gasteiger partial charge on any atom is 0.0665 e. The monoisotopic (exact) mass is 116 g/mol. The lowest BCUT2D eigenvalue weighted by Gasteiger charge is -2.08. The number of hydrogen-bond acceptors (Lipinski definition) is 2. The highest BCUT2D eigenvalue weighted by Gasteiger charge is 1.94. The first-order valence-corrected chi connectivity index (χ1v) is 2.87. The van der Waals surface area contributed by atoms with E-state index in [0.29, 0.717) is 12.6 Å². The van der Waals surface area contributed by atoms with E-state index >= 15 is 0 Å². The van der Waals surface area contributed by atoms with Crippen LogP contribution < -0.4 is 5.32 Å². The molecule has 0 aromatic carbocycles. The van der Waals surface area contributed by atoms with Gasteiger partial charge in [0.2, 0.25) is 0 Å². The molecule has 0 aromatic heterocycles. The third kappa shape index (κ3) is 5.92. The Labute approximate surface area is 50.9 Å². The van der Waals surface area contributed by atoms with Gasteiger partial charge in [-0.15, -0.1) is 0 Å². The molecule has 49 valence electrons. The van der Waals surface area contributed by atoms with Crippen LogP contribution in [0.3, 0.4) is 0 Å². The summed E-state index contributed by atoms with van der Waals surface area (Å²) in [6.45, 7) is 8.04. The molecular formula is C6H14NO. The summed E-state index contributed by atoms with van der Waals surface area (Å²) in [5, 5.41) is 11.7. The van der Waals surface area contributed by atoms with E-state index in [-0.39, 0.29) is 0 Å². The van der Waals surface area contributed by atoms with Gasteiger partial charge >= 0.3 is 0 Å². The fourth-order valence-corrected chi connectivity index (χ4v) is 0.372. The summed E-state index contributed by atoms with van der Waals surface area (Å²) in [7, 11) is 0. The highest BCUT2D eigenvalue weighted by molar-refractivity contribution is 4.62. The van der Waals surface area contributed by atoms with Crippen molar-refractivity contribution in [3.8, 4) is 0 Å². The molecule has 0 rings (SSSR count). The summed E-state index contributed by atoms with van der Waals surface area (Å²) >= 11 is 0. The Morgan fingerprint density at radius 1 is 1.62 bits per heavy atom. The van der Waals surface area contributed by atoms with Gasteiger partial charge in [-0.1, -0.05) is 13.8 Å². The van der Waals surface area contributed by atoms with E-state index in [1.807, 2.05) is 13.8 Å². The van der Waals surface area contributed by atoms with Crippen LogP contribution in [-0.4, -0.2) is 23.8 Å². The van der Waals surface area contributed by atoms with Crippen molar-refractivity contribution < 1.29 is 5.11 Å². The Balaban J connectivity index is 2.93. The lowest BCUT2D eigenvalue weighted by molar-refractivity contribution is 0.213. The van der Waals surface area contributed by atoms with Gasteiger partial charge in [0, 0.05) is 12.6 Å². The van der Waals surface area contributed by atoms with Crippen LogP contribution in [0.5, 0.6) is 0 Å². The predicted molar refractivity (Wildman–Crippen MR) is 34.5 cm³/mol. The highest BCUT2D eigenvalue weighted by Crippen LogP contribution is 1.78. The van der Waals surface area contributed by atoms with Crippen LogP contribution in [0.1, 0.15) is 13.8 Å². The molecule has 0 saturated heterocycles. The van der Waals surface area contributed by atoms with E-state index in [1.165, 1.54) is 0 Å². The Hall–Kier alpha value is -0.0800. The maximum atomic E-state index is 8.63. The third-order valence-corrected chi connectivity index (χ3v) is 0.762.